The Labute approximate surface area is 126 Å². The van der Waals surface area contributed by atoms with Crippen molar-refractivity contribution in [2.75, 3.05) is 32.9 Å². The summed E-state index contributed by atoms with van der Waals surface area (Å²) in [6, 6.07) is 6.17. The van der Waals surface area contributed by atoms with Crippen molar-refractivity contribution >= 4 is 11.6 Å². The summed E-state index contributed by atoms with van der Waals surface area (Å²) in [6.45, 7) is 7.83. The van der Waals surface area contributed by atoms with Gasteiger partial charge in [-0.25, -0.2) is 0 Å². The molecule has 0 aromatic heterocycles. The molecule has 3 nitrogen and oxygen atoms in total. The maximum atomic E-state index is 6.30. The molecular formula is C16H25ClNO2+. The standard InChI is InChI=1S/C16H24ClNO2/c1-2-3-4-9-20-16-6-5-14(12-15(16)17)13-18-7-10-19-11-8-18/h5-6,12H,2-4,7-11,13H2,1H3/p+1. The molecule has 0 amide bonds. The van der Waals surface area contributed by atoms with E-state index in [1.807, 2.05) is 12.1 Å². The Morgan fingerprint density at radius 3 is 2.75 bits per heavy atom. The van der Waals surface area contributed by atoms with Crippen molar-refractivity contribution < 1.29 is 14.4 Å². The van der Waals surface area contributed by atoms with Crippen LogP contribution in [0.5, 0.6) is 5.75 Å². The average molecular weight is 299 g/mol. The number of quaternary nitrogens is 1. The van der Waals surface area contributed by atoms with Crippen molar-refractivity contribution in [2.24, 2.45) is 0 Å². The summed E-state index contributed by atoms with van der Waals surface area (Å²) < 4.78 is 11.1. The molecule has 1 saturated heterocycles. The Hall–Kier alpha value is -0.770. The third-order valence-electron chi connectivity index (χ3n) is 3.66. The van der Waals surface area contributed by atoms with Gasteiger partial charge >= 0.3 is 0 Å². The van der Waals surface area contributed by atoms with Crippen LogP contribution in [0.2, 0.25) is 5.02 Å². The van der Waals surface area contributed by atoms with Gasteiger partial charge in [0.25, 0.3) is 0 Å². The Bertz CT molecular complexity index is 405. The van der Waals surface area contributed by atoms with Gasteiger partial charge in [-0.2, -0.15) is 0 Å². The Balaban J connectivity index is 1.84. The largest absolute Gasteiger partial charge is 0.492 e. The quantitative estimate of drug-likeness (QED) is 0.781. The lowest BCUT2D eigenvalue weighted by molar-refractivity contribution is -0.921. The van der Waals surface area contributed by atoms with Gasteiger partial charge in [0.2, 0.25) is 0 Å². The predicted octanol–water partition coefficient (Wildman–Crippen LogP) is 2.32. The van der Waals surface area contributed by atoms with E-state index in [0.717, 1.165) is 56.6 Å². The fourth-order valence-electron chi connectivity index (χ4n) is 2.43. The first kappa shape index (κ1) is 15.6. The molecule has 1 aliphatic heterocycles. The molecule has 0 bridgehead atoms. The number of morpholine rings is 1. The summed E-state index contributed by atoms with van der Waals surface area (Å²) in [5, 5.41) is 0.728. The second-order valence-corrected chi connectivity index (χ2v) is 5.77. The van der Waals surface area contributed by atoms with E-state index in [2.05, 4.69) is 13.0 Å². The van der Waals surface area contributed by atoms with Crippen LogP contribution in [0.4, 0.5) is 0 Å². The molecule has 1 aliphatic rings. The molecule has 0 atom stereocenters. The molecule has 1 aromatic rings. The van der Waals surface area contributed by atoms with Gasteiger partial charge in [-0.05, 0) is 24.6 Å². The van der Waals surface area contributed by atoms with Gasteiger partial charge in [-0.3, -0.25) is 0 Å². The molecule has 0 aliphatic carbocycles. The van der Waals surface area contributed by atoms with Crippen LogP contribution in [-0.4, -0.2) is 32.9 Å². The monoisotopic (exact) mass is 298 g/mol. The summed E-state index contributed by atoms with van der Waals surface area (Å²) >= 11 is 6.30. The minimum Gasteiger partial charge on any atom is -0.492 e. The molecule has 2 rings (SSSR count). The molecule has 0 spiro atoms. The van der Waals surface area contributed by atoms with Crippen molar-refractivity contribution in [3.05, 3.63) is 28.8 Å². The molecule has 1 N–H and O–H groups in total. The van der Waals surface area contributed by atoms with E-state index in [4.69, 9.17) is 21.1 Å². The summed E-state index contributed by atoms with van der Waals surface area (Å²) in [5.41, 5.74) is 1.27. The third-order valence-corrected chi connectivity index (χ3v) is 3.95. The van der Waals surface area contributed by atoms with E-state index in [0.29, 0.717) is 0 Å². The maximum Gasteiger partial charge on any atom is 0.137 e. The first-order valence-corrected chi connectivity index (χ1v) is 8.00. The predicted molar refractivity (Wildman–Crippen MR) is 81.7 cm³/mol. The first-order chi connectivity index (χ1) is 9.79. The van der Waals surface area contributed by atoms with E-state index in [1.54, 1.807) is 4.90 Å². The van der Waals surface area contributed by atoms with Crippen LogP contribution in [0.1, 0.15) is 31.7 Å². The number of unbranched alkanes of at least 4 members (excludes halogenated alkanes) is 2. The van der Waals surface area contributed by atoms with Gasteiger partial charge in [-0.15, -0.1) is 0 Å². The number of hydrogen-bond acceptors (Lipinski definition) is 2. The van der Waals surface area contributed by atoms with E-state index in [-0.39, 0.29) is 0 Å². The molecule has 1 heterocycles. The molecule has 112 valence electrons. The van der Waals surface area contributed by atoms with E-state index in [1.165, 1.54) is 18.4 Å². The summed E-state index contributed by atoms with van der Waals surface area (Å²) in [4.78, 5) is 1.56. The molecule has 0 unspecified atom stereocenters. The Morgan fingerprint density at radius 1 is 1.25 bits per heavy atom. The Morgan fingerprint density at radius 2 is 2.05 bits per heavy atom. The molecule has 0 saturated carbocycles. The number of ether oxygens (including phenoxy) is 2. The number of benzene rings is 1. The van der Waals surface area contributed by atoms with Crippen LogP contribution in [0.15, 0.2) is 18.2 Å². The van der Waals surface area contributed by atoms with Crippen molar-refractivity contribution in [1.82, 2.24) is 0 Å². The minimum absolute atomic E-state index is 0.728. The maximum absolute atomic E-state index is 6.30. The highest BCUT2D eigenvalue weighted by Crippen LogP contribution is 2.25. The van der Waals surface area contributed by atoms with Gasteiger partial charge in [0.05, 0.1) is 24.8 Å². The van der Waals surface area contributed by atoms with Crippen LogP contribution in [0, 0.1) is 0 Å². The summed E-state index contributed by atoms with van der Waals surface area (Å²) in [6.07, 6.45) is 3.50. The van der Waals surface area contributed by atoms with Crippen molar-refractivity contribution in [2.45, 2.75) is 32.7 Å². The second kappa shape index (κ2) is 8.50. The topological polar surface area (TPSA) is 22.9 Å². The minimum atomic E-state index is 0.728. The number of halogens is 1. The van der Waals surface area contributed by atoms with E-state index < -0.39 is 0 Å². The normalized spacial score (nSPS) is 16.3. The highest BCUT2D eigenvalue weighted by molar-refractivity contribution is 6.32. The highest BCUT2D eigenvalue weighted by Gasteiger charge is 2.14. The summed E-state index contributed by atoms with van der Waals surface area (Å²) in [5.74, 6) is 0.809. The fraction of sp³-hybridized carbons (Fsp3) is 0.625. The van der Waals surface area contributed by atoms with Gasteiger partial charge in [0.15, 0.2) is 0 Å². The van der Waals surface area contributed by atoms with Crippen LogP contribution in [0.3, 0.4) is 0 Å². The zero-order valence-corrected chi connectivity index (χ0v) is 13.0. The smallest absolute Gasteiger partial charge is 0.137 e. The zero-order valence-electron chi connectivity index (χ0n) is 12.3. The molecule has 1 fully saturated rings. The first-order valence-electron chi connectivity index (χ1n) is 7.62. The number of nitrogens with one attached hydrogen (secondary N) is 1. The van der Waals surface area contributed by atoms with Crippen molar-refractivity contribution in [3.8, 4) is 5.75 Å². The molecule has 20 heavy (non-hydrogen) atoms. The lowest BCUT2D eigenvalue weighted by Gasteiger charge is -2.23. The lowest BCUT2D eigenvalue weighted by Crippen LogP contribution is -3.12. The van der Waals surface area contributed by atoms with E-state index in [9.17, 15) is 0 Å². The van der Waals surface area contributed by atoms with Crippen LogP contribution < -0.4 is 9.64 Å². The van der Waals surface area contributed by atoms with E-state index >= 15 is 0 Å². The lowest BCUT2D eigenvalue weighted by atomic mass is 10.2. The van der Waals surface area contributed by atoms with Crippen LogP contribution in [0.25, 0.3) is 0 Å². The average Bonchev–Trinajstić information content (AvgIpc) is 2.46. The summed E-state index contributed by atoms with van der Waals surface area (Å²) in [7, 11) is 0. The van der Waals surface area contributed by atoms with Crippen molar-refractivity contribution in [3.63, 3.8) is 0 Å². The van der Waals surface area contributed by atoms with Gasteiger partial charge < -0.3 is 14.4 Å². The van der Waals surface area contributed by atoms with Crippen molar-refractivity contribution in [1.29, 1.82) is 0 Å². The second-order valence-electron chi connectivity index (χ2n) is 5.36. The molecule has 0 radical (unpaired) electrons. The SMILES string of the molecule is CCCCCOc1ccc(C[NH+]2CCOCC2)cc1Cl. The van der Waals surface area contributed by atoms with Gasteiger partial charge in [0, 0.05) is 5.56 Å². The number of rotatable bonds is 7. The Kier molecular flexibility index (Phi) is 6.64. The third kappa shape index (κ3) is 4.97. The molecule has 4 heteroatoms. The van der Waals surface area contributed by atoms with Gasteiger partial charge in [0.1, 0.15) is 25.4 Å². The van der Waals surface area contributed by atoms with Crippen LogP contribution in [-0.2, 0) is 11.3 Å². The zero-order chi connectivity index (χ0) is 14.2. The number of hydrogen-bond donors (Lipinski definition) is 1. The molecular weight excluding hydrogens is 274 g/mol. The van der Waals surface area contributed by atoms with Gasteiger partial charge in [-0.1, -0.05) is 31.4 Å². The van der Waals surface area contributed by atoms with Crippen LogP contribution >= 0.6 is 11.6 Å². The fourth-order valence-corrected chi connectivity index (χ4v) is 2.69. The molecule has 1 aromatic carbocycles. The highest BCUT2D eigenvalue weighted by atomic mass is 35.5.